The van der Waals surface area contributed by atoms with Crippen LogP contribution in [0.25, 0.3) is 0 Å². The summed E-state index contributed by atoms with van der Waals surface area (Å²) in [6.45, 7) is 7.06. The molecule has 6 nitrogen and oxygen atoms in total. The van der Waals surface area contributed by atoms with Gasteiger partial charge in [0.05, 0.1) is 12.6 Å². The van der Waals surface area contributed by atoms with Crippen LogP contribution in [0.5, 0.6) is 0 Å². The minimum Gasteiger partial charge on any atom is -0.462 e. The lowest BCUT2D eigenvalue weighted by atomic mass is 9.97. The van der Waals surface area contributed by atoms with Crippen molar-refractivity contribution in [3.8, 4) is 0 Å². The van der Waals surface area contributed by atoms with Crippen molar-refractivity contribution in [1.29, 1.82) is 0 Å². The predicted molar refractivity (Wildman–Crippen MR) is 87.2 cm³/mol. The van der Waals surface area contributed by atoms with Gasteiger partial charge in [0.15, 0.2) is 0 Å². The zero-order valence-corrected chi connectivity index (χ0v) is 14.3. The predicted octanol–water partition coefficient (Wildman–Crippen LogP) is 2.14. The van der Waals surface area contributed by atoms with Gasteiger partial charge in [0.2, 0.25) is 0 Å². The van der Waals surface area contributed by atoms with Crippen molar-refractivity contribution in [2.75, 3.05) is 19.6 Å². The molecule has 2 aliphatic rings. The van der Waals surface area contributed by atoms with Gasteiger partial charge in [-0.25, -0.2) is 0 Å². The van der Waals surface area contributed by atoms with E-state index in [0.29, 0.717) is 12.5 Å². The first kappa shape index (κ1) is 16.4. The third-order valence-electron chi connectivity index (χ3n) is 4.73. The first-order valence-electron chi connectivity index (χ1n) is 8.97. The largest absolute Gasteiger partial charge is 0.462 e. The van der Waals surface area contributed by atoms with Gasteiger partial charge in [-0.2, -0.15) is 0 Å². The summed E-state index contributed by atoms with van der Waals surface area (Å²) in [6, 6.07) is 0. The number of rotatable bonds is 4. The summed E-state index contributed by atoms with van der Waals surface area (Å²) >= 11 is 0. The van der Waals surface area contributed by atoms with Gasteiger partial charge in [0, 0.05) is 25.4 Å². The first-order chi connectivity index (χ1) is 11.1. The fourth-order valence-electron chi connectivity index (χ4n) is 3.70. The molecule has 3 heterocycles. The molecule has 0 aromatic carbocycles. The van der Waals surface area contributed by atoms with Crippen LogP contribution in [0.15, 0.2) is 0 Å². The molecule has 0 aliphatic carbocycles. The van der Waals surface area contributed by atoms with Crippen LogP contribution in [0.3, 0.4) is 0 Å². The molecular weight excluding hydrogens is 292 g/mol. The molecule has 0 N–H and O–H groups in total. The Labute approximate surface area is 138 Å². The second kappa shape index (κ2) is 7.43. The number of likely N-dealkylation sites (tertiary alicyclic amines) is 1. The number of piperidine rings is 1. The maximum atomic E-state index is 11.9. The number of carbonyl (C=O) groups excluding carboxylic acids is 1. The van der Waals surface area contributed by atoms with Crippen molar-refractivity contribution in [3.05, 3.63) is 11.6 Å². The second-order valence-corrected chi connectivity index (χ2v) is 7.05. The molecule has 1 atom stereocenters. The smallest absolute Gasteiger partial charge is 0.320 e. The topological polar surface area (TPSA) is 60.2 Å². The minimum absolute atomic E-state index is 0.0460. The Kier molecular flexibility index (Phi) is 5.30. The van der Waals surface area contributed by atoms with E-state index >= 15 is 0 Å². The zero-order valence-electron chi connectivity index (χ0n) is 14.3. The highest BCUT2D eigenvalue weighted by Gasteiger charge is 2.28. The lowest BCUT2D eigenvalue weighted by molar-refractivity contribution is -0.149. The van der Waals surface area contributed by atoms with E-state index in [1.807, 2.05) is 13.8 Å². The number of aryl methyl sites for hydroxylation is 1. The van der Waals surface area contributed by atoms with Crippen LogP contribution < -0.4 is 0 Å². The number of aromatic nitrogens is 3. The standard InChI is InChI=1S/C17H28N4O2/c1-13(2)23-16(22)12-20-9-6-7-14(11-20)17-19-18-15-8-4-3-5-10-21(15)17/h13-14H,3-12H2,1-2H3/t14-/m1/s1. The summed E-state index contributed by atoms with van der Waals surface area (Å²) in [5, 5.41) is 8.92. The molecule has 1 aromatic rings. The molecule has 6 heteroatoms. The van der Waals surface area contributed by atoms with E-state index in [4.69, 9.17) is 4.74 Å². The fourth-order valence-corrected chi connectivity index (χ4v) is 3.70. The van der Waals surface area contributed by atoms with Crippen molar-refractivity contribution < 1.29 is 9.53 Å². The Morgan fingerprint density at radius 3 is 2.91 bits per heavy atom. The van der Waals surface area contributed by atoms with E-state index in [1.165, 1.54) is 19.3 Å². The summed E-state index contributed by atoms with van der Waals surface area (Å²) in [4.78, 5) is 14.1. The monoisotopic (exact) mass is 320 g/mol. The van der Waals surface area contributed by atoms with E-state index in [2.05, 4.69) is 19.7 Å². The van der Waals surface area contributed by atoms with Crippen LogP contribution in [-0.2, 0) is 22.5 Å². The molecule has 0 bridgehead atoms. The third-order valence-corrected chi connectivity index (χ3v) is 4.73. The average Bonchev–Trinajstić information content (AvgIpc) is 2.75. The van der Waals surface area contributed by atoms with E-state index in [9.17, 15) is 4.79 Å². The molecular formula is C17H28N4O2. The quantitative estimate of drug-likeness (QED) is 0.796. The van der Waals surface area contributed by atoms with Crippen molar-refractivity contribution in [2.24, 2.45) is 0 Å². The first-order valence-corrected chi connectivity index (χ1v) is 8.97. The minimum atomic E-state index is -0.124. The molecule has 0 amide bonds. The number of fused-ring (bicyclic) bond motifs is 1. The van der Waals surface area contributed by atoms with E-state index in [1.54, 1.807) is 0 Å². The maximum absolute atomic E-state index is 11.9. The van der Waals surface area contributed by atoms with E-state index < -0.39 is 0 Å². The highest BCUT2D eigenvalue weighted by Crippen LogP contribution is 2.27. The normalized spacial score (nSPS) is 22.7. The molecule has 1 fully saturated rings. The number of ether oxygens (including phenoxy) is 1. The van der Waals surface area contributed by atoms with Crippen molar-refractivity contribution in [3.63, 3.8) is 0 Å². The van der Waals surface area contributed by atoms with E-state index in [-0.39, 0.29) is 12.1 Å². The van der Waals surface area contributed by atoms with Gasteiger partial charge in [-0.15, -0.1) is 10.2 Å². The number of nitrogens with zero attached hydrogens (tertiary/aromatic N) is 4. The Bertz CT molecular complexity index is 541. The Morgan fingerprint density at radius 2 is 2.09 bits per heavy atom. The van der Waals surface area contributed by atoms with Gasteiger partial charge in [-0.1, -0.05) is 6.42 Å². The summed E-state index contributed by atoms with van der Waals surface area (Å²) < 4.78 is 7.61. The van der Waals surface area contributed by atoms with Gasteiger partial charge in [0.1, 0.15) is 11.6 Å². The number of hydrogen-bond acceptors (Lipinski definition) is 5. The van der Waals surface area contributed by atoms with E-state index in [0.717, 1.165) is 50.5 Å². The van der Waals surface area contributed by atoms with Gasteiger partial charge >= 0.3 is 5.97 Å². The molecule has 1 aromatic heterocycles. The second-order valence-electron chi connectivity index (χ2n) is 7.05. The molecule has 0 saturated carbocycles. The molecule has 2 aliphatic heterocycles. The highest BCUT2D eigenvalue weighted by molar-refractivity contribution is 5.71. The summed E-state index contributed by atoms with van der Waals surface area (Å²) in [5.74, 6) is 2.54. The molecule has 3 rings (SSSR count). The fraction of sp³-hybridized carbons (Fsp3) is 0.824. The van der Waals surface area contributed by atoms with Gasteiger partial charge in [-0.05, 0) is 46.1 Å². The molecule has 1 saturated heterocycles. The Balaban J connectivity index is 1.65. The molecule has 0 unspecified atom stereocenters. The van der Waals surface area contributed by atoms with Crippen LogP contribution in [0.2, 0.25) is 0 Å². The third kappa shape index (κ3) is 4.10. The number of esters is 1. The van der Waals surface area contributed by atoms with Crippen LogP contribution in [-0.4, -0.2) is 51.4 Å². The van der Waals surface area contributed by atoms with Crippen LogP contribution in [0, 0.1) is 0 Å². The SMILES string of the molecule is CC(C)OC(=O)CN1CCC[C@@H](c2nnc3n2CCCCC3)C1. The highest BCUT2D eigenvalue weighted by atomic mass is 16.5. The van der Waals surface area contributed by atoms with Crippen LogP contribution in [0.4, 0.5) is 0 Å². The van der Waals surface area contributed by atoms with Gasteiger partial charge in [0.25, 0.3) is 0 Å². The van der Waals surface area contributed by atoms with Gasteiger partial charge in [-0.3, -0.25) is 9.69 Å². The van der Waals surface area contributed by atoms with Crippen LogP contribution >= 0.6 is 0 Å². The lowest BCUT2D eigenvalue weighted by Gasteiger charge is -2.31. The number of carbonyl (C=O) groups is 1. The Hall–Kier alpha value is -1.43. The van der Waals surface area contributed by atoms with Crippen molar-refractivity contribution in [2.45, 2.75) is 70.9 Å². The van der Waals surface area contributed by atoms with Crippen molar-refractivity contribution in [1.82, 2.24) is 19.7 Å². The summed E-state index contributed by atoms with van der Waals surface area (Å²) in [5.41, 5.74) is 0. The lowest BCUT2D eigenvalue weighted by Crippen LogP contribution is -2.39. The molecule has 0 spiro atoms. The van der Waals surface area contributed by atoms with Gasteiger partial charge < -0.3 is 9.30 Å². The molecule has 0 radical (unpaired) electrons. The average molecular weight is 320 g/mol. The summed E-state index contributed by atoms with van der Waals surface area (Å²) in [7, 11) is 0. The molecule has 128 valence electrons. The van der Waals surface area contributed by atoms with Crippen molar-refractivity contribution >= 4 is 5.97 Å². The number of hydrogen-bond donors (Lipinski definition) is 0. The zero-order chi connectivity index (χ0) is 16.2. The molecule has 23 heavy (non-hydrogen) atoms. The van der Waals surface area contributed by atoms with Crippen LogP contribution in [0.1, 0.15) is 63.5 Å². The Morgan fingerprint density at radius 1 is 1.22 bits per heavy atom. The maximum Gasteiger partial charge on any atom is 0.320 e. The summed E-state index contributed by atoms with van der Waals surface area (Å²) in [6.07, 6.45) is 6.95.